The molecule has 0 saturated carbocycles. The monoisotopic (exact) mass is 301 g/mol. The van der Waals surface area contributed by atoms with Crippen LogP contribution < -0.4 is 0 Å². The lowest BCUT2D eigenvalue weighted by Gasteiger charge is -2.10. The minimum Gasteiger partial charge on any atom is -0.390 e. The second-order valence-electron chi connectivity index (χ2n) is 4.79. The maximum atomic E-state index is 9.37. The van der Waals surface area contributed by atoms with Gasteiger partial charge in [0.15, 0.2) is 5.16 Å². The fourth-order valence-electron chi connectivity index (χ4n) is 2.01. The molecule has 2 aromatic rings. The topological polar surface area (TPSA) is 61.8 Å². The summed E-state index contributed by atoms with van der Waals surface area (Å²) in [6.07, 6.45) is 3.94. The first-order valence-corrected chi connectivity index (χ1v) is 8.04. The van der Waals surface area contributed by atoms with Crippen molar-refractivity contribution in [1.82, 2.24) is 9.55 Å². The van der Waals surface area contributed by atoms with Crippen molar-refractivity contribution in [3.63, 3.8) is 0 Å². The van der Waals surface area contributed by atoms with Crippen molar-refractivity contribution >= 4 is 11.8 Å². The SMILES string of the molecule is CCCCn1c(CO)cnc1SCc1ccc(C#N)cc1. The largest absolute Gasteiger partial charge is 0.390 e. The van der Waals surface area contributed by atoms with Crippen LogP contribution in [0.4, 0.5) is 0 Å². The Balaban J connectivity index is 2.04. The summed E-state index contributed by atoms with van der Waals surface area (Å²) in [4.78, 5) is 4.40. The molecule has 0 aliphatic rings. The number of aromatic nitrogens is 2. The normalized spacial score (nSPS) is 10.5. The van der Waals surface area contributed by atoms with E-state index in [1.807, 2.05) is 24.3 Å². The van der Waals surface area contributed by atoms with Gasteiger partial charge in [-0.25, -0.2) is 4.98 Å². The van der Waals surface area contributed by atoms with Gasteiger partial charge in [0.25, 0.3) is 0 Å². The Kier molecular flexibility index (Phi) is 5.85. The summed E-state index contributed by atoms with van der Waals surface area (Å²) in [6.45, 7) is 3.06. The third-order valence-corrected chi connectivity index (χ3v) is 4.31. The first-order valence-electron chi connectivity index (χ1n) is 7.05. The Morgan fingerprint density at radius 1 is 1.33 bits per heavy atom. The van der Waals surface area contributed by atoms with Gasteiger partial charge >= 0.3 is 0 Å². The number of benzene rings is 1. The highest BCUT2D eigenvalue weighted by Gasteiger charge is 2.09. The summed E-state index contributed by atoms with van der Waals surface area (Å²) in [7, 11) is 0. The first kappa shape index (κ1) is 15.6. The molecular formula is C16H19N3OS. The molecular weight excluding hydrogens is 282 g/mol. The maximum Gasteiger partial charge on any atom is 0.168 e. The quantitative estimate of drug-likeness (QED) is 0.797. The number of nitriles is 1. The molecule has 0 spiro atoms. The second kappa shape index (κ2) is 7.87. The summed E-state index contributed by atoms with van der Waals surface area (Å²) in [5, 5.41) is 19.1. The van der Waals surface area contributed by atoms with E-state index < -0.39 is 0 Å². The molecule has 4 nitrogen and oxygen atoms in total. The Bertz CT molecular complexity index is 613. The lowest BCUT2D eigenvalue weighted by Crippen LogP contribution is -2.04. The zero-order valence-electron chi connectivity index (χ0n) is 12.1. The number of hydrogen-bond acceptors (Lipinski definition) is 4. The van der Waals surface area contributed by atoms with Crippen LogP contribution in [0.5, 0.6) is 0 Å². The molecule has 110 valence electrons. The molecule has 5 heteroatoms. The Morgan fingerprint density at radius 2 is 2.10 bits per heavy atom. The highest BCUT2D eigenvalue weighted by Crippen LogP contribution is 2.23. The van der Waals surface area contributed by atoms with Crippen LogP contribution in [0.1, 0.15) is 36.6 Å². The minimum atomic E-state index is 0.0220. The van der Waals surface area contributed by atoms with Gasteiger partial charge in [-0.05, 0) is 24.1 Å². The molecule has 1 aromatic carbocycles. The molecule has 0 radical (unpaired) electrons. The molecule has 1 N–H and O–H groups in total. The molecule has 0 saturated heterocycles. The van der Waals surface area contributed by atoms with Crippen LogP contribution in [0, 0.1) is 11.3 Å². The summed E-state index contributed by atoms with van der Waals surface area (Å²) >= 11 is 1.66. The first-order chi connectivity index (χ1) is 10.3. The van der Waals surface area contributed by atoms with Crippen LogP contribution in [-0.4, -0.2) is 14.7 Å². The third kappa shape index (κ3) is 4.10. The van der Waals surface area contributed by atoms with Gasteiger partial charge in [0.05, 0.1) is 30.1 Å². The van der Waals surface area contributed by atoms with Crippen molar-refractivity contribution in [2.45, 2.75) is 43.8 Å². The van der Waals surface area contributed by atoms with Gasteiger partial charge < -0.3 is 9.67 Å². The minimum absolute atomic E-state index is 0.0220. The molecule has 2 rings (SSSR count). The molecule has 0 unspecified atom stereocenters. The Morgan fingerprint density at radius 3 is 2.71 bits per heavy atom. The van der Waals surface area contributed by atoms with E-state index in [0.717, 1.165) is 41.6 Å². The number of aliphatic hydroxyl groups is 1. The molecule has 0 fully saturated rings. The summed E-state index contributed by atoms with van der Waals surface area (Å²) in [5.41, 5.74) is 2.70. The lowest BCUT2D eigenvalue weighted by molar-refractivity contribution is 0.268. The van der Waals surface area contributed by atoms with Gasteiger partial charge in [-0.1, -0.05) is 37.2 Å². The number of thioether (sulfide) groups is 1. The van der Waals surface area contributed by atoms with Gasteiger partial charge in [0.1, 0.15) is 0 Å². The van der Waals surface area contributed by atoms with E-state index >= 15 is 0 Å². The summed E-state index contributed by atoms with van der Waals surface area (Å²) < 4.78 is 2.10. The van der Waals surface area contributed by atoms with E-state index in [-0.39, 0.29) is 6.61 Å². The van der Waals surface area contributed by atoms with E-state index in [9.17, 15) is 5.11 Å². The molecule has 0 atom stereocenters. The summed E-state index contributed by atoms with van der Waals surface area (Å²) in [6, 6.07) is 9.72. The zero-order chi connectivity index (χ0) is 15.1. The van der Waals surface area contributed by atoms with Crippen molar-refractivity contribution in [3.8, 4) is 6.07 Å². The van der Waals surface area contributed by atoms with Crippen LogP contribution in [0.3, 0.4) is 0 Å². The highest BCUT2D eigenvalue weighted by molar-refractivity contribution is 7.98. The van der Waals surface area contributed by atoms with Crippen molar-refractivity contribution in [2.24, 2.45) is 0 Å². The number of nitrogens with zero attached hydrogens (tertiary/aromatic N) is 3. The summed E-state index contributed by atoms with van der Waals surface area (Å²) in [5.74, 6) is 0.805. The predicted octanol–water partition coefficient (Wildman–Crippen LogP) is 3.34. The Labute approximate surface area is 129 Å². The van der Waals surface area contributed by atoms with E-state index in [1.165, 1.54) is 0 Å². The van der Waals surface area contributed by atoms with Crippen molar-refractivity contribution in [1.29, 1.82) is 5.26 Å². The predicted molar refractivity (Wildman–Crippen MR) is 83.8 cm³/mol. The number of imidazole rings is 1. The van der Waals surface area contributed by atoms with Crippen molar-refractivity contribution < 1.29 is 5.11 Å². The number of hydrogen-bond donors (Lipinski definition) is 1. The smallest absolute Gasteiger partial charge is 0.168 e. The highest BCUT2D eigenvalue weighted by atomic mass is 32.2. The zero-order valence-corrected chi connectivity index (χ0v) is 12.9. The molecule has 0 aliphatic heterocycles. The van der Waals surface area contributed by atoms with Gasteiger partial charge in [0.2, 0.25) is 0 Å². The van der Waals surface area contributed by atoms with Crippen LogP contribution in [0.2, 0.25) is 0 Å². The fourth-order valence-corrected chi connectivity index (χ4v) is 2.99. The molecule has 1 heterocycles. The van der Waals surface area contributed by atoms with Gasteiger partial charge in [-0.3, -0.25) is 0 Å². The molecule has 1 aromatic heterocycles. The van der Waals surface area contributed by atoms with Crippen LogP contribution in [0.25, 0.3) is 0 Å². The third-order valence-electron chi connectivity index (χ3n) is 3.25. The van der Waals surface area contributed by atoms with Crippen LogP contribution >= 0.6 is 11.8 Å². The van der Waals surface area contributed by atoms with Crippen molar-refractivity contribution in [2.75, 3.05) is 0 Å². The van der Waals surface area contributed by atoms with Crippen LogP contribution in [-0.2, 0) is 18.9 Å². The van der Waals surface area contributed by atoms with E-state index in [4.69, 9.17) is 5.26 Å². The van der Waals surface area contributed by atoms with E-state index in [0.29, 0.717) is 5.56 Å². The average molecular weight is 301 g/mol. The maximum absolute atomic E-state index is 9.37. The number of rotatable bonds is 7. The molecule has 0 aliphatic carbocycles. The average Bonchev–Trinajstić information content (AvgIpc) is 2.93. The van der Waals surface area contributed by atoms with Crippen LogP contribution in [0.15, 0.2) is 35.6 Å². The van der Waals surface area contributed by atoms with E-state index in [1.54, 1.807) is 18.0 Å². The van der Waals surface area contributed by atoms with Gasteiger partial charge in [-0.2, -0.15) is 5.26 Å². The molecule has 21 heavy (non-hydrogen) atoms. The fraction of sp³-hybridized carbons (Fsp3) is 0.375. The van der Waals surface area contributed by atoms with Gasteiger partial charge in [-0.15, -0.1) is 0 Å². The lowest BCUT2D eigenvalue weighted by atomic mass is 10.2. The van der Waals surface area contributed by atoms with Crippen molar-refractivity contribution in [3.05, 3.63) is 47.3 Å². The molecule has 0 bridgehead atoms. The van der Waals surface area contributed by atoms with E-state index in [2.05, 4.69) is 22.5 Å². The second-order valence-corrected chi connectivity index (χ2v) is 5.74. The molecule has 0 amide bonds. The standard InChI is InChI=1S/C16H19N3OS/c1-2-3-8-19-15(11-20)10-18-16(19)21-12-14-6-4-13(9-17)5-7-14/h4-7,10,20H,2-3,8,11-12H2,1H3. The Hall–Kier alpha value is -1.77. The van der Waals surface area contributed by atoms with Gasteiger partial charge in [0, 0.05) is 12.3 Å². The number of unbranched alkanes of at least 4 members (excludes halogenated alkanes) is 1. The number of aliphatic hydroxyl groups excluding tert-OH is 1.